The summed E-state index contributed by atoms with van der Waals surface area (Å²) in [6.45, 7) is 5.86. The molecular weight excluding hydrogens is 440 g/mol. The van der Waals surface area contributed by atoms with E-state index in [2.05, 4.69) is 5.32 Å². The number of esters is 1. The SMILES string of the molecule is CCOC(=O)CN(CCN(CCN(CC(=O)O)CC(=O)NC(C)(C)C)CC(=O)O)CC(=O)O. The summed E-state index contributed by atoms with van der Waals surface area (Å²) in [5, 5.41) is 30.1. The van der Waals surface area contributed by atoms with Gasteiger partial charge in [-0.25, -0.2) is 0 Å². The van der Waals surface area contributed by atoms with Crippen LogP contribution in [0.4, 0.5) is 0 Å². The number of carbonyl (C=O) groups excluding carboxylic acids is 2. The zero-order chi connectivity index (χ0) is 25.6. The van der Waals surface area contributed by atoms with Gasteiger partial charge < -0.3 is 25.4 Å². The van der Waals surface area contributed by atoms with E-state index in [1.54, 1.807) is 27.7 Å². The third-order valence-electron chi connectivity index (χ3n) is 4.08. The Balaban J connectivity index is 5.11. The molecule has 0 saturated heterocycles. The van der Waals surface area contributed by atoms with E-state index in [0.717, 1.165) is 0 Å². The molecule has 0 aromatic rings. The molecule has 0 aliphatic rings. The molecule has 190 valence electrons. The van der Waals surface area contributed by atoms with Crippen molar-refractivity contribution in [3.05, 3.63) is 0 Å². The number of carboxylic acids is 3. The highest BCUT2D eigenvalue weighted by Crippen LogP contribution is 2.01. The van der Waals surface area contributed by atoms with E-state index in [4.69, 9.17) is 14.9 Å². The quantitative estimate of drug-likeness (QED) is 0.181. The van der Waals surface area contributed by atoms with E-state index in [-0.39, 0.29) is 58.3 Å². The summed E-state index contributed by atoms with van der Waals surface area (Å²) in [6.07, 6.45) is 0. The van der Waals surface area contributed by atoms with E-state index in [9.17, 15) is 29.1 Å². The molecule has 0 aliphatic carbocycles. The lowest BCUT2D eigenvalue weighted by molar-refractivity contribution is -0.146. The van der Waals surface area contributed by atoms with Crippen LogP contribution in [0.25, 0.3) is 0 Å². The van der Waals surface area contributed by atoms with Crippen LogP contribution in [0, 0.1) is 0 Å². The van der Waals surface area contributed by atoms with Gasteiger partial charge in [0, 0.05) is 31.7 Å². The Kier molecular flexibility index (Phi) is 13.9. The van der Waals surface area contributed by atoms with Crippen molar-refractivity contribution in [3.8, 4) is 0 Å². The molecule has 0 heterocycles. The number of nitrogens with one attached hydrogen (secondary N) is 1. The van der Waals surface area contributed by atoms with Gasteiger partial charge in [-0.15, -0.1) is 0 Å². The van der Waals surface area contributed by atoms with Crippen LogP contribution in [0.5, 0.6) is 0 Å². The first-order valence-corrected chi connectivity index (χ1v) is 10.5. The number of hydrogen-bond donors (Lipinski definition) is 4. The van der Waals surface area contributed by atoms with E-state index in [1.807, 2.05) is 0 Å². The molecule has 4 N–H and O–H groups in total. The molecule has 13 heteroatoms. The highest BCUT2D eigenvalue weighted by Gasteiger charge is 2.21. The molecule has 0 bridgehead atoms. The van der Waals surface area contributed by atoms with Gasteiger partial charge in [0.05, 0.1) is 39.3 Å². The summed E-state index contributed by atoms with van der Waals surface area (Å²) in [5.74, 6) is -4.37. The Hall–Kier alpha value is -2.77. The Bertz CT molecular complexity index is 679. The molecule has 0 unspecified atom stereocenters. The lowest BCUT2D eigenvalue weighted by Gasteiger charge is -2.28. The molecule has 0 saturated carbocycles. The minimum absolute atomic E-state index is 0.0713. The van der Waals surface area contributed by atoms with Crippen molar-refractivity contribution in [1.29, 1.82) is 0 Å². The zero-order valence-electron chi connectivity index (χ0n) is 19.7. The summed E-state index contributed by atoms with van der Waals surface area (Å²) in [4.78, 5) is 61.6. The average Bonchev–Trinajstić information content (AvgIpc) is 2.60. The Labute approximate surface area is 193 Å². The predicted molar refractivity (Wildman–Crippen MR) is 117 cm³/mol. The molecular formula is C20H36N4O9. The summed E-state index contributed by atoms with van der Waals surface area (Å²) >= 11 is 0. The van der Waals surface area contributed by atoms with Crippen molar-refractivity contribution in [2.24, 2.45) is 0 Å². The standard InChI is InChI=1S/C20H36N4O9/c1-5-33-19(32)14-24(13-18(30)31)9-7-22(11-16(26)27)6-8-23(12-17(28)29)10-15(25)21-20(2,3)4/h5-14H2,1-4H3,(H,21,25)(H,26,27)(H,28,29)(H,30,31). The number of hydrogen-bond acceptors (Lipinski definition) is 9. The maximum absolute atomic E-state index is 12.2. The van der Waals surface area contributed by atoms with Crippen LogP contribution < -0.4 is 5.32 Å². The van der Waals surface area contributed by atoms with Gasteiger partial charge in [0.1, 0.15) is 0 Å². The van der Waals surface area contributed by atoms with Gasteiger partial charge in [-0.2, -0.15) is 0 Å². The first kappa shape index (κ1) is 30.2. The highest BCUT2D eigenvalue weighted by molar-refractivity contribution is 5.79. The van der Waals surface area contributed by atoms with Crippen LogP contribution >= 0.6 is 0 Å². The molecule has 13 nitrogen and oxygen atoms in total. The fourth-order valence-corrected chi connectivity index (χ4v) is 2.89. The normalized spacial score (nSPS) is 11.6. The minimum Gasteiger partial charge on any atom is -0.480 e. The minimum atomic E-state index is -1.15. The Morgan fingerprint density at radius 3 is 1.48 bits per heavy atom. The summed E-state index contributed by atoms with van der Waals surface area (Å²) in [6, 6.07) is 0. The molecule has 0 aromatic heterocycles. The maximum Gasteiger partial charge on any atom is 0.320 e. The average molecular weight is 477 g/mol. The molecule has 0 atom stereocenters. The summed E-state index contributed by atoms with van der Waals surface area (Å²) in [5.41, 5.74) is -0.492. The highest BCUT2D eigenvalue weighted by atomic mass is 16.5. The maximum atomic E-state index is 12.2. The number of rotatable bonds is 17. The van der Waals surface area contributed by atoms with E-state index in [1.165, 1.54) is 14.7 Å². The van der Waals surface area contributed by atoms with Crippen molar-refractivity contribution >= 4 is 29.8 Å². The van der Waals surface area contributed by atoms with Crippen LogP contribution in [0.15, 0.2) is 0 Å². The fourth-order valence-electron chi connectivity index (χ4n) is 2.89. The van der Waals surface area contributed by atoms with E-state index < -0.39 is 42.5 Å². The molecule has 0 aliphatic heterocycles. The van der Waals surface area contributed by atoms with Crippen LogP contribution in [0.1, 0.15) is 27.7 Å². The topological polar surface area (TPSA) is 177 Å². The molecule has 0 radical (unpaired) electrons. The van der Waals surface area contributed by atoms with E-state index >= 15 is 0 Å². The number of ether oxygens (including phenoxy) is 1. The largest absolute Gasteiger partial charge is 0.480 e. The van der Waals surface area contributed by atoms with Crippen molar-refractivity contribution < 1.29 is 44.0 Å². The lowest BCUT2D eigenvalue weighted by atomic mass is 10.1. The second kappa shape index (κ2) is 15.1. The van der Waals surface area contributed by atoms with Gasteiger partial charge in [0.2, 0.25) is 5.91 Å². The van der Waals surface area contributed by atoms with Crippen molar-refractivity contribution in [2.75, 3.05) is 65.5 Å². The third-order valence-corrected chi connectivity index (χ3v) is 4.08. The molecule has 0 rings (SSSR count). The first-order chi connectivity index (χ1) is 15.2. The number of carboxylic acid groups (broad SMARTS) is 3. The monoisotopic (exact) mass is 476 g/mol. The molecule has 33 heavy (non-hydrogen) atoms. The number of nitrogens with zero attached hydrogens (tertiary/aromatic N) is 3. The third kappa shape index (κ3) is 17.5. The van der Waals surface area contributed by atoms with E-state index in [0.29, 0.717) is 0 Å². The first-order valence-electron chi connectivity index (χ1n) is 10.5. The van der Waals surface area contributed by atoms with Crippen LogP contribution in [0.2, 0.25) is 0 Å². The number of carbonyl (C=O) groups is 5. The van der Waals surface area contributed by atoms with Crippen LogP contribution in [-0.4, -0.2) is 131 Å². The van der Waals surface area contributed by atoms with Crippen LogP contribution in [-0.2, 0) is 28.7 Å². The molecule has 1 amide bonds. The lowest BCUT2D eigenvalue weighted by Crippen LogP contribution is -2.49. The predicted octanol–water partition coefficient (Wildman–Crippen LogP) is -1.38. The molecule has 0 spiro atoms. The Morgan fingerprint density at radius 1 is 0.697 bits per heavy atom. The number of amides is 1. The van der Waals surface area contributed by atoms with Crippen LogP contribution in [0.3, 0.4) is 0 Å². The Morgan fingerprint density at radius 2 is 1.09 bits per heavy atom. The second-order valence-corrected chi connectivity index (χ2v) is 8.48. The zero-order valence-corrected chi connectivity index (χ0v) is 19.7. The number of aliphatic carboxylic acids is 3. The van der Waals surface area contributed by atoms with Gasteiger partial charge in [0.25, 0.3) is 0 Å². The van der Waals surface area contributed by atoms with Gasteiger partial charge in [-0.1, -0.05) is 0 Å². The second-order valence-electron chi connectivity index (χ2n) is 8.48. The summed E-state index contributed by atoms with van der Waals surface area (Å²) in [7, 11) is 0. The van der Waals surface area contributed by atoms with Crippen molar-refractivity contribution in [2.45, 2.75) is 33.2 Å². The smallest absolute Gasteiger partial charge is 0.320 e. The van der Waals surface area contributed by atoms with Gasteiger partial charge in [0.15, 0.2) is 0 Å². The van der Waals surface area contributed by atoms with Gasteiger partial charge >= 0.3 is 23.9 Å². The molecule has 0 fully saturated rings. The van der Waals surface area contributed by atoms with Crippen molar-refractivity contribution in [3.63, 3.8) is 0 Å². The van der Waals surface area contributed by atoms with Gasteiger partial charge in [-0.05, 0) is 27.7 Å². The molecule has 0 aromatic carbocycles. The van der Waals surface area contributed by atoms with Crippen molar-refractivity contribution in [1.82, 2.24) is 20.0 Å². The summed E-state index contributed by atoms with van der Waals surface area (Å²) < 4.78 is 4.83. The fraction of sp³-hybridized carbons (Fsp3) is 0.750. The van der Waals surface area contributed by atoms with Gasteiger partial charge in [-0.3, -0.25) is 38.7 Å².